The van der Waals surface area contributed by atoms with E-state index >= 15 is 0 Å². The molecule has 1 fully saturated rings. The van der Waals surface area contributed by atoms with Crippen LogP contribution in [0.15, 0.2) is 0 Å². The molecule has 1 aliphatic rings. The van der Waals surface area contributed by atoms with Crippen LogP contribution < -0.4 is 5.73 Å². The Balaban J connectivity index is 2.21. The van der Waals surface area contributed by atoms with Gasteiger partial charge >= 0.3 is 0 Å². The number of nitrogens with two attached hydrogens (primary N) is 1. The van der Waals surface area contributed by atoms with E-state index in [9.17, 15) is 0 Å². The first-order valence-corrected chi connectivity index (χ1v) is 6.85. The fourth-order valence-electron chi connectivity index (χ4n) is 2.62. The van der Waals surface area contributed by atoms with Gasteiger partial charge < -0.3 is 10.6 Å². The lowest BCUT2D eigenvalue weighted by Gasteiger charge is -2.34. The standard InChI is InChI=1S/C14H27N3/c1-12-5-7-13(8-6-12)17(3)10-4-9-14(2,16)11-15/h12-13H,4-10,16H2,1-3H3. The lowest BCUT2D eigenvalue weighted by atomic mass is 9.86. The zero-order valence-electron chi connectivity index (χ0n) is 11.6. The Morgan fingerprint density at radius 1 is 1.35 bits per heavy atom. The summed E-state index contributed by atoms with van der Waals surface area (Å²) in [4.78, 5) is 2.46. The summed E-state index contributed by atoms with van der Waals surface area (Å²) in [5, 5.41) is 8.85. The normalized spacial score (nSPS) is 28.7. The van der Waals surface area contributed by atoms with Gasteiger partial charge in [-0.25, -0.2) is 0 Å². The zero-order chi connectivity index (χ0) is 12.9. The van der Waals surface area contributed by atoms with Crippen molar-refractivity contribution in [1.82, 2.24) is 4.90 Å². The van der Waals surface area contributed by atoms with E-state index < -0.39 is 5.54 Å². The van der Waals surface area contributed by atoms with Crippen LogP contribution in [0.3, 0.4) is 0 Å². The molecule has 0 heterocycles. The molecule has 0 aliphatic heterocycles. The third-order valence-electron chi connectivity index (χ3n) is 4.07. The van der Waals surface area contributed by atoms with E-state index in [4.69, 9.17) is 11.0 Å². The molecular formula is C14H27N3. The van der Waals surface area contributed by atoms with Gasteiger partial charge in [-0.15, -0.1) is 0 Å². The van der Waals surface area contributed by atoms with Crippen molar-refractivity contribution in [2.24, 2.45) is 11.7 Å². The summed E-state index contributed by atoms with van der Waals surface area (Å²) in [5.74, 6) is 0.908. The van der Waals surface area contributed by atoms with Gasteiger partial charge in [0.2, 0.25) is 0 Å². The van der Waals surface area contributed by atoms with Gasteiger partial charge in [-0.3, -0.25) is 0 Å². The van der Waals surface area contributed by atoms with Gasteiger partial charge in [0, 0.05) is 6.04 Å². The Kier molecular flexibility index (Phi) is 5.42. The Morgan fingerprint density at radius 3 is 2.47 bits per heavy atom. The molecule has 0 bridgehead atoms. The molecule has 0 amide bonds. The molecule has 17 heavy (non-hydrogen) atoms. The van der Waals surface area contributed by atoms with Crippen LogP contribution in [0.5, 0.6) is 0 Å². The summed E-state index contributed by atoms with van der Waals surface area (Å²) in [6.45, 7) is 5.23. The topological polar surface area (TPSA) is 53.0 Å². The molecule has 0 aromatic carbocycles. The smallest absolute Gasteiger partial charge is 0.101 e. The molecule has 1 aliphatic carbocycles. The molecule has 0 radical (unpaired) electrons. The van der Waals surface area contributed by atoms with Gasteiger partial charge in [-0.2, -0.15) is 5.26 Å². The average Bonchev–Trinajstić information content (AvgIpc) is 2.29. The van der Waals surface area contributed by atoms with Crippen molar-refractivity contribution in [1.29, 1.82) is 5.26 Å². The van der Waals surface area contributed by atoms with Gasteiger partial charge in [0.25, 0.3) is 0 Å². The second-order valence-corrected chi connectivity index (χ2v) is 6.03. The molecule has 1 atom stereocenters. The van der Waals surface area contributed by atoms with Crippen LogP contribution in [-0.4, -0.2) is 30.1 Å². The molecule has 98 valence electrons. The van der Waals surface area contributed by atoms with Crippen molar-refractivity contribution in [3.8, 4) is 6.07 Å². The van der Waals surface area contributed by atoms with Gasteiger partial charge in [-0.05, 0) is 65.0 Å². The number of hydrogen-bond acceptors (Lipinski definition) is 3. The highest BCUT2D eigenvalue weighted by molar-refractivity contribution is 5.00. The number of nitrogens with zero attached hydrogens (tertiary/aromatic N) is 2. The van der Waals surface area contributed by atoms with Crippen LogP contribution >= 0.6 is 0 Å². The summed E-state index contributed by atoms with van der Waals surface area (Å²) in [7, 11) is 2.21. The summed E-state index contributed by atoms with van der Waals surface area (Å²) in [6, 6.07) is 2.91. The Hall–Kier alpha value is -0.590. The second kappa shape index (κ2) is 6.37. The fourth-order valence-corrected chi connectivity index (χ4v) is 2.62. The summed E-state index contributed by atoms with van der Waals surface area (Å²) in [5.41, 5.74) is 5.17. The van der Waals surface area contributed by atoms with E-state index in [0.29, 0.717) is 0 Å². The minimum Gasteiger partial charge on any atom is -0.314 e. The van der Waals surface area contributed by atoms with Crippen molar-refractivity contribution in [2.45, 2.75) is 64.0 Å². The maximum atomic E-state index is 8.85. The molecule has 3 heteroatoms. The minimum absolute atomic E-state index is 0.651. The van der Waals surface area contributed by atoms with Crippen molar-refractivity contribution >= 4 is 0 Å². The Labute approximate surface area is 106 Å². The van der Waals surface area contributed by atoms with Gasteiger partial charge in [0.1, 0.15) is 5.54 Å². The third-order valence-corrected chi connectivity index (χ3v) is 4.07. The second-order valence-electron chi connectivity index (χ2n) is 6.03. The highest BCUT2D eigenvalue weighted by atomic mass is 15.1. The van der Waals surface area contributed by atoms with Crippen LogP contribution in [0.4, 0.5) is 0 Å². The van der Waals surface area contributed by atoms with Crippen molar-refractivity contribution in [2.75, 3.05) is 13.6 Å². The van der Waals surface area contributed by atoms with Crippen molar-refractivity contribution in [3.63, 3.8) is 0 Å². The largest absolute Gasteiger partial charge is 0.314 e. The van der Waals surface area contributed by atoms with Crippen LogP contribution in [0, 0.1) is 17.2 Å². The molecule has 2 N–H and O–H groups in total. The fraction of sp³-hybridized carbons (Fsp3) is 0.929. The lowest BCUT2D eigenvalue weighted by Crippen LogP contribution is -2.38. The highest BCUT2D eigenvalue weighted by Crippen LogP contribution is 2.26. The molecule has 3 nitrogen and oxygen atoms in total. The average molecular weight is 237 g/mol. The van der Waals surface area contributed by atoms with Gasteiger partial charge in [0.15, 0.2) is 0 Å². The van der Waals surface area contributed by atoms with Gasteiger partial charge in [-0.1, -0.05) is 6.92 Å². The van der Waals surface area contributed by atoms with Gasteiger partial charge in [0.05, 0.1) is 6.07 Å². The minimum atomic E-state index is -0.651. The van der Waals surface area contributed by atoms with Crippen LogP contribution in [0.1, 0.15) is 52.4 Å². The third kappa shape index (κ3) is 5.06. The van der Waals surface area contributed by atoms with E-state index in [-0.39, 0.29) is 0 Å². The summed E-state index contributed by atoms with van der Waals surface area (Å²) >= 11 is 0. The molecule has 0 aromatic rings. The highest BCUT2D eigenvalue weighted by Gasteiger charge is 2.22. The Bertz CT molecular complexity index is 259. The molecule has 1 rings (SSSR count). The molecule has 0 aromatic heterocycles. The molecule has 1 saturated carbocycles. The SMILES string of the molecule is CC1CCC(N(C)CCCC(C)(N)C#N)CC1. The lowest BCUT2D eigenvalue weighted by molar-refractivity contribution is 0.166. The van der Waals surface area contributed by atoms with E-state index in [1.165, 1.54) is 25.7 Å². The Morgan fingerprint density at radius 2 is 1.94 bits per heavy atom. The predicted molar refractivity (Wildman–Crippen MR) is 71.5 cm³/mol. The van der Waals surface area contributed by atoms with Crippen LogP contribution in [0.2, 0.25) is 0 Å². The quantitative estimate of drug-likeness (QED) is 0.799. The van der Waals surface area contributed by atoms with E-state index in [0.717, 1.165) is 31.3 Å². The van der Waals surface area contributed by atoms with Crippen LogP contribution in [-0.2, 0) is 0 Å². The maximum absolute atomic E-state index is 8.85. The van der Waals surface area contributed by atoms with E-state index in [1.807, 2.05) is 6.92 Å². The van der Waals surface area contributed by atoms with Crippen LogP contribution in [0.25, 0.3) is 0 Å². The monoisotopic (exact) mass is 237 g/mol. The maximum Gasteiger partial charge on any atom is 0.101 e. The zero-order valence-corrected chi connectivity index (χ0v) is 11.6. The summed E-state index contributed by atoms with van der Waals surface area (Å²) in [6.07, 6.45) is 7.19. The first-order chi connectivity index (χ1) is 7.94. The molecular weight excluding hydrogens is 210 g/mol. The predicted octanol–water partition coefficient (Wildman–Crippen LogP) is 2.52. The van der Waals surface area contributed by atoms with E-state index in [2.05, 4.69) is 24.9 Å². The number of nitriles is 1. The number of hydrogen-bond donors (Lipinski definition) is 1. The van der Waals surface area contributed by atoms with E-state index in [1.54, 1.807) is 0 Å². The van der Waals surface area contributed by atoms with Crippen molar-refractivity contribution < 1.29 is 0 Å². The first-order valence-electron chi connectivity index (χ1n) is 6.85. The number of rotatable bonds is 5. The first kappa shape index (κ1) is 14.5. The summed E-state index contributed by atoms with van der Waals surface area (Å²) < 4.78 is 0. The molecule has 0 spiro atoms. The van der Waals surface area contributed by atoms with Crippen molar-refractivity contribution in [3.05, 3.63) is 0 Å². The molecule has 0 saturated heterocycles. The molecule has 1 unspecified atom stereocenters.